The molecule has 4 heteroatoms. The molecule has 1 atom stereocenters. The summed E-state index contributed by atoms with van der Waals surface area (Å²) in [6.07, 6.45) is 2.66. The van der Waals surface area contributed by atoms with Gasteiger partial charge in [0.1, 0.15) is 5.82 Å². The van der Waals surface area contributed by atoms with E-state index in [1.165, 1.54) is 12.3 Å². The zero-order chi connectivity index (χ0) is 11.3. The Morgan fingerprint density at radius 2 is 2.38 bits per heavy atom. The Bertz CT molecular complexity index is 633. The molecule has 3 heterocycles. The Kier molecular flexibility index (Phi) is 1.87. The van der Waals surface area contributed by atoms with Gasteiger partial charge in [-0.05, 0) is 18.9 Å². The van der Waals surface area contributed by atoms with Crippen LogP contribution in [0, 0.1) is 5.82 Å². The van der Waals surface area contributed by atoms with Crippen molar-refractivity contribution in [2.24, 2.45) is 0 Å². The van der Waals surface area contributed by atoms with Crippen LogP contribution in [0.2, 0.25) is 0 Å². The van der Waals surface area contributed by atoms with Crippen LogP contribution in [-0.4, -0.2) is 9.55 Å². The molecule has 3 rings (SSSR count). The first kappa shape index (κ1) is 9.51. The normalized spacial score (nSPS) is 18.2. The summed E-state index contributed by atoms with van der Waals surface area (Å²) in [4.78, 5) is 15.8. The minimum Gasteiger partial charge on any atom is -0.303 e. The van der Waals surface area contributed by atoms with Gasteiger partial charge in [-0.25, -0.2) is 4.39 Å². The summed E-state index contributed by atoms with van der Waals surface area (Å²) in [5, 5.41) is 0. The molecule has 2 aromatic rings. The quantitative estimate of drug-likeness (QED) is 0.734. The van der Waals surface area contributed by atoms with Gasteiger partial charge in [0, 0.05) is 17.7 Å². The van der Waals surface area contributed by atoms with Gasteiger partial charge in [-0.3, -0.25) is 9.78 Å². The summed E-state index contributed by atoms with van der Waals surface area (Å²) >= 11 is 0. The monoisotopic (exact) mass is 218 g/mol. The van der Waals surface area contributed by atoms with Crippen molar-refractivity contribution >= 4 is 11.0 Å². The van der Waals surface area contributed by atoms with Crippen molar-refractivity contribution in [2.75, 3.05) is 0 Å². The summed E-state index contributed by atoms with van der Waals surface area (Å²) in [5.74, 6) is -0.303. The third-order valence-electron chi connectivity index (χ3n) is 3.27. The topological polar surface area (TPSA) is 34.9 Å². The lowest BCUT2D eigenvalue weighted by Gasteiger charge is -2.10. The second-order valence-corrected chi connectivity index (χ2v) is 4.13. The van der Waals surface area contributed by atoms with E-state index in [-0.39, 0.29) is 17.4 Å². The van der Waals surface area contributed by atoms with Crippen LogP contribution < -0.4 is 5.56 Å². The fourth-order valence-corrected chi connectivity index (χ4v) is 2.47. The number of rotatable bonds is 1. The van der Waals surface area contributed by atoms with Crippen molar-refractivity contribution in [2.45, 2.75) is 25.8 Å². The average molecular weight is 218 g/mol. The van der Waals surface area contributed by atoms with Crippen LogP contribution in [-0.2, 0) is 6.42 Å². The lowest BCUT2D eigenvalue weighted by molar-refractivity contribution is 0.504. The Morgan fingerprint density at radius 3 is 3.12 bits per heavy atom. The predicted molar refractivity (Wildman–Crippen MR) is 59.0 cm³/mol. The minimum atomic E-state index is -0.303. The van der Waals surface area contributed by atoms with Gasteiger partial charge in [-0.1, -0.05) is 6.92 Å². The molecule has 0 saturated carbocycles. The number of aromatic nitrogens is 2. The highest BCUT2D eigenvalue weighted by molar-refractivity contribution is 5.80. The minimum absolute atomic E-state index is 0.0644. The van der Waals surface area contributed by atoms with Crippen LogP contribution in [0.25, 0.3) is 11.0 Å². The second-order valence-electron chi connectivity index (χ2n) is 4.13. The van der Waals surface area contributed by atoms with Crippen molar-refractivity contribution < 1.29 is 4.39 Å². The maximum atomic E-state index is 13.6. The number of halogens is 1. The molecule has 3 nitrogen and oxygen atoms in total. The third kappa shape index (κ3) is 1.07. The summed E-state index contributed by atoms with van der Waals surface area (Å²) < 4.78 is 15.3. The van der Waals surface area contributed by atoms with Crippen LogP contribution in [0.1, 0.15) is 24.9 Å². The molecule has 1 aliphatic rings. The summed E-state index contributed by atoms with van der Waals surface area (Å²) in [7, 11) is 0. The van der Waals surface area contributed by atoms with Crippen molar-refractivity contribution in [1.29, 1.82) is 0 Å². The van der Waals surface area contributed by atoms with Crippen LogP contribution in [0.15, 0.2) is 23.1 Å². The maximum Gasteiger partial charge on any atom is 0.251 e. The van der Waals surface area contributed by atoms with Crippen LogP contribution in [0.3, 0.4) is 0 Å². The Labute approximate surface area is 91.5 Å². The Morgan fingerprint density at radius 1 is 1.56 bits per heavy atom. The fourth-order valence-electron chi connectivity index (χ4n) is 2.47. The van der Waals surface area contributed by atoms with Gasteiger partial charge in [-0.2, -0.15) is 0 Å². The molecule has 1 unspecified atom stereocenters. The van der Waals surface area contributed by atoms with Crippen LogP contribution >= 0.6 is 0 Å². The van der Waals surface area contributed by atoms with E-state index in [1.54, 1.807) is 10.6 Å². The van der Waals surface area contributed by atoms with E-state index >= 15 is 0 Å². The number of pyridine rings is 2. The van der Waals surface area contributed by atoms with Gasteiger partial charge in [0.15, 0.2) is 0 Å². The van der Waals surface area contributed by atoms with Crippen LogP contribution in [0.5, 0.6) is 0 Å². The molecule has 0 amide bonds. The molecule has 0 radical (unpaired) electrons. The van der Waals surface area contributed by atoms with Crippen LogP contribution in [0.4, 0.5) is 4.39 Å². The summed E-state index contributed by atoms with van der Waals surface area (Å²) in [6, 6.07) is 3.24. The first-order valence-electron chi connectivity index (χ1n) is 5.41. The zero-order valence-electron chi connectivity index (χ0n) is 8.90. The molecule has 0 fully saturated rings. The largest absolute Gasteiger partial charge is 0.303 e. The lowest BCUT2D eigenvalue weighted by Crippen LogP contribution is -2.21. The van der Waals surface area contributed by atoms with E-state index in [2.05, 4.69) is 4.98 Å². The molecule has 1 aliphatic heterocycles. The first-order valence-corrected chi connectivity index (χ1v) is 5.41. The van der Waals surface area contributed by atoms with Gasteiger partial charge < -0.3 is 4.57 Å². The fraction of sp³-hybridized carbons (Fsp3) is 0.333. The number of hydrogen-bond acceptors (Lipinski definition) is 2. The average Bonchev–Trinajstić information content (AvgIpc) is 2.68. The Hall–Kier alpha value is -1.71. The maximum absolute atomic E-state index is 13.6. The molecular formula is C12H11FN2O. The van der Waals surface area contributed by atoms with Crippen molar-refractivity contribution in [1.82, 2.24) is 9.55 Å². The molecule has 82 valence electrons. The summed E-state index contributed by atoms with van der Waals surface area (Å²) in [6.45, 7) is 2.01. The molecule has 2 aromatic heterocycles. The van der Waals surface area contributed by atoms with E-state index in [9.17, 15) is 9.18 Å². The van der Waals surface area contributed by atoms with E-state index < -0.39 is 0 Å². The van der Waals surface area contributed by atoms with E-state index in [0.717, 1.165) is 6.42 Å². The predicted octanol–water partition coefficient (Wildman–Crippen LogP) is 2.04. The molecule has 16 heavy (non-hydrogen) atoms. The molecule has 0 spiro atoms. The van der Waals surface area contributed by atoms with Gasteiger partial charge >= 0.3 is 0 Å². The highest BCUT2D eigenvalue weighted by Gasteiger charge is 2.26. The molecule has 0 saturated heterocycles. The second kappa shape index (κ2) is 3.14. The SMILES string of the molecule is CCC1Cc2c(F)cnc3ccc(=O)n1c23. The number of nitrogens with zero attached hydrogens (tertiary/aromatic N) is 2. The molecular weight excluding hydrogens is 207 g/mol. The standard InChI is InChI=1S/C12H11FN2O/c1-2-7-5-8-9(13)6-14-10-3-4-11(16)15(7)12(8)10/h3-4,6-7H,2,5H2,1H3. The van der Waals surface area contributed by atoms with Gasteiger partial charge in [-0.15, -0.1) is 0 Å². The van der Waals surface area contributed by atoms with Crippen molar-refractivity contribution in [3.63, 3.8) is 0 Å². The Balaban J connectivity index is 2.49. The molecule has 0 N–H and O–H groups in total. The molecule has 0 aliphatic carbocycles. The number of hydrogen-bond donors (Lipinski definition) is 0. The van der Waals surface area contributed by atoms with Gasteiger partial charge in [0.2, 0.25) is 0 Å². The highest BCUT2D eigenvalue weighted by Crippen LogP contribution is 2.32. The zero-order valence-corrected chi connectivity index (χ0v) is 8.90. The van der Waals surface area contributed by atoms with Crippen molar-refractivity contribution in [3.05, 3.63) is 40.1 Å². The third-order valence-corrected chi connectivity index (χ3v) is 3.27. The van der Waals surface area contributed by atoms with E-state index in [4.69, 9.17) is 0 Å². The highest BCUT2D eigenvalue weighted by atomic mass is 19.1. The van der Waals surface area contributed by atoms with Gasteiger partial charge in [0.25, 0.3) is 5.56 Å². The van der Waals surface area contributed by atoms with E-state index in [1.807, 2.05) is 6.92 Å². The molecule has 0 aromatic carbocycles. The first-order chi connectivity index (χ1) is 7.72. The molecule has 0 bridgehead atoms. The smallest absolute Gasteiger partial charge is 0.251 e. The summed E-state index contributed by atoms with van der Waals surface area (Å²) in [5.41, 5.74) is 1.95. The van der Waals surface area contributed by atoms with Gasteiger partial charge in [0.05, 0.1) is 17.2 Å². The van der Waals surface area contributed by atoms with Crippen molar-refractivity contribution in [3.8, 4) is 0 Å². The van der Waals surface area contributed by atoms with E-state index in [0.29, 0.717) is 23.0 Å². The lowest BCUT2D eigenvalue weighted by atomic mass is 10.1.